The van der Waals surface area contributed by atoms with E-state index in [0.717, 1.165) is 16.5 Å². The topological polar surface area (TPSA) is 14.2 Å². The third kappa shape index (κ3) is 2.95. The summed E-state index contributed by atoms with van der Waals surface area (Å²) in [4.78, 5) is 0. The van der Waals surface area contributed by atoms with Gasteiger partial charge in [-0.05, 0) is 50.2 Å². The van der Waals surface area contributed by atoms with Crippen LogP contribution in [-0.2, 0) is 6.61 Å². The summed E-state index contributed by atoms with van der Waals surface area (Å²) in [6.45, 7) is 4.58. The summed E-state index contributed by atoms with van der Waals surface area (Å²) in [6.07, 6.45) is 2.03. The van der Waals surface area contributed by atoms with Gasteiger partial charge in [-0.3, -0.25) is 0 Å². The van der Waals surface area contributed by atoms with Crippen molar-refractivity contribution >= 4 is 22.5 Å². The van der Waals surface area contributed by atoms with Crippen molar-refractivity contribution in [1.82, 2.24) is 4.57 Å². The van der Waals surface area contributed by atoms with Gasteiger partial charge in [-0.15, -0.1) is 0 Å². The number of fused-ring (bicyclic) bond motifs is 1. The van der Waals surface area contributed by atoms with E-state index in [0.29, 0.717) is 23.4 Å². The maximum Gasteiger partial charge on any atom is 0.123 e. The number of benzene rings is 2. The van der Waals surface area contributed by atoms with Crippen molar-refractivity contribution in [2.45, 2.75) is 26.5 Å². The standard InChI is InChI=1S/C18H17ClFNO/c1-12(2)21-10-13(17-9-15(20)6-7-18(17)21)11-22-16-5-3-4-14(19)8-16/h3-10,12H,11H2,1-2H3. The van der Waals surface area contributed by atoms with Crippen molar-refractivity contribution < 1.29 is 9.13 Å². The molecular weight excluding hydrogens is 301 g/mol. The summed E-state index contributed by atoms with van der Waals surface area (Å²) in [6, 6.07) is 12.4. The van der Waals surface area contributed by atoms with Crippen molar-refractivity contribution in [3.8, 4) is 5.75 Å². The van der Waals surface area contributed by atoms with Crippen LogP contribution in [0.1, 0.15) is 25.5 Å². The third-order valence-corrected chi connectivity index (χ3v) is 3.86. The highest BCUT2D eigenvalue weighted by atomic mass is 35.5. The monoisotopic (exact) mass is 317 g/mol. The van der Waals surface area contributed by atoms with Crippen molar-refractivity contribution in [3.63, 3.8) is 0 Å². The Hall–Kier alpha value is -2.00. The normalized spacial score (nSPS) is 11.3. The lowest BCUT2D eigenvalue weighted by Gasteiger charge is -2.08. The summed E-state index contributed by atoms with van der Waals surface area (Å²) in [5.41, 5.74) is 1.98. The number of nitrogens with zero attached hydrogens (tertiary/aromatic N) is 1. The molecule has 0 bridgehead atoms. The van der Waals surface area contributed by atoms with Crippen LogP contribution in [0.4, 0.5) is 4.39 Å². The van der Waals surface area contributed by atoms with Crippen molar-refractivity contribution in [2.75, 3.05) is 0 Å². The molecule has 114 valence electrons. The molecule has 2 nitrogen and oxygen atoms in total. The summed E-state index contributed by atoms with van der Waals surface area (Å²) >= 11 is 5.95. The van der Waals surface area contributed by atoms with Gasteiger partial charge in [0.05, 0.1) is 0 Å². The lowest BCUT2D eigenvalue weighted by Crippen LogP contribution is -1.98. The molecule has 22 heavy (non-hydrogen) atoms. The minimum atomic E-state index is -0.238. The van der Waals surface area contributed by atoms with E-state index in [1.807, 2.05) is 24.4 Å². The molecule has 1 heterocycles. The number of hydrogen-bond acceptors (Lipinski definition) is 1. The highest BCUT2D eigenvalue weighted by Crippen LogP contribution is 2.27. The van der Waals surface area contributed by atoms with E-state index in [-0.39, 0.29) is 5.82 Å². The summed E-state index contributed by atoms with van der Waals surface area (Å²) < 4.78 is 21.5. The second-order valence-corrected chi connectivity index (χ2v) is 6.00. The molecule has 0 aliphatic heterocycles. The minimum Gasteiger partial charge on any atom is -0.489 e. The zero-order chi connectivity index (χ0) is 15.7. The van der Waals surface area contributed by atoms with E-state index in [4.69, 9.17) is 16.3 Å². The quantitative estimate of drug-likeness (QED) is 0.611. The molecule has 4 heteroatoms. The second kappa shape index (κ2) is 6.01. The first-order valence-electron chi connectivity index (χ1n) is 7.22. The number of aromatic nitrogens is 1. The Morgan fingerprint density at radius 2 is 2.00 bits per heavy atom. The molecule has 3 rings (SSSR count). The van der Waals surface area contributed by atoms with Crippen LogP contribution >= 0.6 is 11.6 Å². The average molecular weight is 318 g/mol. The van der Waals surface area contributed by atoms with Gasteiger partial charge in [-0.2, -0.15) is 0 Å². The second-order valence-electron chi connectivity index (χ2n) is 5.56. The first kappa shape index (κ1) is 14.9. The number of hydrogen-bond donors (Lipinski definition) is 0. The van der Waals surface area contributed by atoms with Gasteiger partial charge in [0.15, 0.2) is 0 Å². The summed E-state index contributed by atoms with van der Waals surface area (Å²) in [7, 11) is 0. The van der Waals surface area contributed by atoms with Crippen LogP contribution < -0.4 is 4.74 Å². The highest BCUT2D eigenvalue weighted by Gasteiger charge is 2.12. The molecule has 2 aromatic carbocycles. The van der Waals surface area contributed by atoms with E-state index in [1.54, 1.807) is 18.2 Å². The van der Waals surface area contributed by atoms with E-state index >= 15 is 0 Å². The zero-order valence-electron chi connectivity index (χ0n) is 12.5. The smallest absolute Gasteiger partial charge is 0.123 e. The maximum atomic E-state index is 13.6. The Labute approximate surface area is 134 Å². The Balaban J connectivity index is 1.94. The van der Waals surface area contributed by atoms with E-state index in [2.05, 4.69) is 18.4 Å². The number of ether oxygens (including phenoxy) is 1. The first-order chi connectivity index (χ1) is 10.5. The molecule has 0 spiro atoms. The lowest BCUT2D eigenvalue weighted by molar-refractivity contribution is 0.307. The molecule has 0 aliphatic carbocycles. The van der Waals surface area contributed by atoms with Gasteiger partial charge in [0.2, 0.25) is 0 Å². The van der Waals surface area contributed by atoms with Gasteiger partial charge in [-0.25, -0.2) is 4.39 Å². The Bertz CT molecular complexity index is 810. The molecule has 0 saturated heterocycles. The molecule has 0 unspecified atom stereocenters. The fourth-order valence-corrected chi connectivity index (χ4v) is 2.74. The number of halogens is 2. The molecule has 3 aromatic rings. The predicted octanol–water partition coefficient (Wildman–Crippen LogP) is 5.59. The minimum absolute atomic E-state index is 0.238. The van der Waals surface area contributed by atoms with Crippen LogP contribution in [0.2, 0.25) is 5.02 Å². The molecule has 0 atom stereocenters. The molecule has 0 aliphatic rings. The predicted molar refractivity (Wildman–Crippen MR) is 88.1 cm³/mol. The van der Waals surface area contributed by atoms with Gasteiger partial charge in [0.25, 0.3) is 0 Å². The third-order valence-electron chi connectivity index (χ3n) is 3.62. The largest absolute Gasteiger partial charge is 0.489 e. The molecule has 0 saturated carbocycles. The maximum absolute atomic E-state index is 13.6. The fourth-order valence-electron chi connectivity index (χ4n) is 2.56. The fraction of sp³-hybridized carbons (Fsp3) is 0.222. The highest BCUT2D eigenvalue weighted by molar-refractivity contribution is 6.30. The SMILES string of the molecule is CC(C)n1cc(COc2cccc(Cl)c2)c2cc(F)ccc21. The Morgan fingerprint density at radius 3 is 2.73 bits per heavy atom. The van der Waals surface area contributed by atoms with Crippen LogP contribution in [0.25, 0.3) is 10.9 Å². The van der Waals surface area contributed by atoms with Gasteiger partial charge in [0, 0.05) is 33.7 Å². The van der Waals surface area contributed by atoms with Gasteiger partial charge < -0.3 is 9.30 Å². The lowest BCUT2D eigenvalue weighted by atomic mass is 10.2. The van der Waals surface area contributed by atoms with Crippen LogP contribution in [-0.4, -0.2) is 4.57 Å². The Morgan fingerprint density at radius 1 is 1.18 bits per heavy atom. The van der Waals surface area contributed by atoms with Gasteiger partial charge >= 0.3 is 0 Å². The molecule has 0 amide bonds. The van der Waals surface area contributed by atoms with Gasteiger partial charge in [-0.1, -0.05) is 17.7 Å². The molecular formula is C18H17ClFNO. The molecule has 0 fully saturated rings. The molecule has 1 aromatic heterocycles. The van der Waals surface area contributed by atoms with E-state index in [1.165, 1.54) is 6.07 Å². The van der Waals surface area contributed by atoms with Crippen LogP contribution in [0, 0.1) is 5.82 Å². The summed E-state index contributed by atoms with van der Waals surface area (Å²) in [5, 5.41) is 1.52. The molecule has 0 N–H and O–H groups in total. The summed E-state index contributed by atoms with van der Waals surface area (Å²) in [5.74, 6) is 0.465. The van der Waals surface area contributed by atoms with Crippen molar-refractivity contribution in [3.05, 3.63) is 65.1 Å². The van der Waals surface area contributed by atoms with Crippen LogP contribution in [0.15, 0.2) is 48.7 Å². The van der Waals surface area contributed by atoms with E-state index < -0.39 is 0 Å². The average Bonchev–Trinajstić information content (AvgIpc) is 2.83. The van der Waals surface area contributed by atoms with Crippen LogP contribution in [0.5, 0.6) is 5.75 Å². The van der Waals surface area contributed by atoms with Crippen molar-refractivity contribution in [1.29, 1.82) is 0 Å². The first-order valence-corrected chi connectivity index (χ1v) is 7.60. The zero-order valence-corrected chi connectivity index (χ0v) is 13.3. The van der Waals surface area contributed by atoms with Crippen molar-refractivity contribution in [2.24, 2.45) is 0 Å². The van der Waals surface area contributed by atoms with Crippen LogP contribution in [0.3, 0.4) is 0 Å². The van der Waals surface area contributed by atoms with E-state index in [9.17, 15) is 4.39 Å². The molecule has 0 radical (unpaired) electrons. The Kier molecular flexibility index (Phi) is 4.08. The number of rotatable bonds is 4. The van der Waals surface area contributed by atoms with Gasteiger partial charge in [0.1, 0.15) is 18.2 Å².